The zero-order valence-corrected chi connectivity index (χ0v) is 20.2. The summed E-state index contributed by atoms with van der Waals surface area (Å²) in [7, 11) is 0. The fourth-order valence-electron chi connectivity index (χ4n) is 4.35. The summed E-state index contributed by atoms with van der Waals surface area (Å²) in [5.41, 5.74) is 4.01. The molecule has 3 N–H and O–H groups in total. The van der Waals surface area contributed by atoms with Crippen LogP contribution >= 0.6 is 0 Å². The van der Waals surface area contributed by atoms with Crippen molar-refractivity contribution in [3.8, 4) is 0 Å². The summed E-state index contributed by atoms with van der Waals surface area (Å²) in [5, 5.41) is 23.1. The predicted molar refractivity (Wildman–Crippen MR) is 131 cm³/mol. The highest BCUT2D eigenvalue weighted by Gasteiger charge is 2.35. The molecule has 0 saturated carbocycles. The van der Waals surface area contributed by atoms with Crippen LogP contribution in [0, 0.1) is 5.92 Å². The maximum absolute atomic E-state index is 14.1. The molecule has 2 unspecified atom stereocenters. The highest BCUT2D eigenvalue weighted by Crippen LogP contribution is 2.34. The van der Waals surface area contributed by atoms with E-state index in [4.69, 9.17) is 4.74 Å². The summed E-state index contributed by atoms with van der Waals surface area (Å²) in [5.74, 6) is -1.37. The van der Waals surface area contributed by atoms with Crippen molar-refractivity contribution in [2.45, 2.75) is 51.9 Å². The van der Waals surface area contributed by atoms with Gasteiger partial charge < -0.3 is 25.2 Å². The number of amides is 2. The Labute approximate surface area is 209 Å². The quantitative estimate of drug-likeness (QED) is 0.518. The molecule has 2 aliphatic rings. The number of benzene rings is 1. The van der Waals surface area contributed by atoms with Crippen LogP contribution in [0.1, 0.15) is 36.2 Å². The Kier molecular flexibility index (Phi) is 7.81. The number of aromatic nitrogens is 1. The normalized spacial score (nSPS) is 20.6. The molecule has 2 aromatic rings. The van der Waals surface area contributed by atoms with E-state index < -0.39 is 30.2 Å². The first kappa shape index (κ1) is 25.5. The van der Waals surface area contributed by atoms with Crippen molar-refractivity contribution in [3.63, 3.8) is 0 Å². The molecule has 36 heavy (non-hydrogen) atoms. The number of carbonyl (C=O) groups excluding carboxylic acids is 2. The molecule has 0 spiro atoms. The van der Waals surface area contributed by atoms with E-state index in [2.05, 4.69) is 10.3 Å². The average molecular weight is 496 g/mol. The SMILES string of the molecule is CCOC1=C(c2ccc(CNC(=O)[C@H](O)[C@@H](O)C(=O)N3Cc4cccnc4C3)cc2)C=CC(F)C1C. The van der Waals surface area contributed by atoms with Gasteiger partial charge in [-0.25, -0.2) is 4.39 Å². The van der Waals surface area contributed by atoms with Crippen molar-refractivity contribution < 1.29 is 28.9 Å². The molecule has 0 radical (unpaired) electrons. The molecule has 4 atom stereocenters. The van der Waals surface area contributed by atoms with E-state index in [9.17, 15) is 24.2 Å². The van der Waals surface area contributed by atoms with Crippen molar-refractivity contribution in [2.75, 3.05) is 6.61 Å². The number of rotatable bonds is 8. The molecule has 2 amide bonds. The number of hydrogen-bond donors (Lipinski definition) is 3. The second-order valence-electron chi connectivity index (χ2n) is 8.91. The molecular formula is C27H30FN3O5. The van der Waals surface area contributed by atoms with E-state index in [-0.39, 0.29) is 25.6 Å². The minimum Gasteiger partial charge on any atom is -0.497 e. The van der Waals surface area contributed by atoms with E-state index in [1.165, 1.54) is 11.0 Å². The molecule has 0 fully saturated rings. The number of alkyl halides is 1. The number of hydrogen-bond acceptors (Lipinski definition) is 6. The van der Waals surface area contributed by atoms with Crippen LogP contribution in [0.4, 0.5) is 4.39 Å². The first-order valence-corrected chi connectivity index (χ1v) is 11.9. The Morgan fingerprint density at radius 2 is 1.94 bits per heavy atom. The third kappa shape index (κ3) is 5.32. The number of fused-ring (bicyclic) bond motifs is 1. The monoisotopic (exact) mass is 495 g/mol. The second-order valence-corrected chi connectivity index (χ2v) is 8.91. The smallest absolute Gasteiger partial charge is 0.255 e. The fourth-order valence-corrected chi connectivity index (χ4v) is 4.35. The van der Waals surface area contributed by atoms with Crippen LogP contribution in [0.3, 0.4) is 0 Å². The summed E-state index contributed by atoms with van der Waals surface area (Å²) in [6.45, 7) is 4.65. The van der Waals surface area contributed by atoms with E-state index in [0.717, 1.165) is 28.0 Å². The summed E-state index contributed by atoms with van der Waals surface area (Å²) < 4.78 is 19.8. The summed E-state index contributed by atoms with van der Waals surface area (Å²) in [4.78, 5) is 30.6. The number of carbonyl (C=O) groups is 2. The molecule has 1 aromatic heterocycles. The summed E-state index contributed by atoms with van der Waals surface area (Å²) in [6.07, 6.45) is -0.0349. The van der Waals surface area contributed by atoms with Crippen LogP contribution in [0.5, 0.6) is 0 Å². The first-order chi connectivity index (χ1) is 17.3. The topological polar surface area (TPSA) is 112 Å². The molecule has 4 rings (SSSR count). The zero-order chi connectivity index (χ0) is 25.8. The van der Waals surface area contributed by atoms with Crippen LogP contribution in [-0.4, -0.2) is 56.9 Å². The maximum atomic E-state index is 14.1. The average Bonchev–Trinajstić information content (AvgIpc) is 3.33. The van der Waals surface area contributed by atoms with E-state index >= 15 is 0 Å². The van der Waals surface area contributed by atoms with Crippen molar-refractivity contribution in [2.24, 2.45) is 5.92 Å². The molecule has 0 bridgehead atoms. The van der Waals surface area contributed by atoms with Gasteiger partial charge in [0.1, 0.15) is 11.9 Å². The van der Waals surface area contributed by atoms with Gasteiger partial charge in [0.05, 0.1) is 18.8 Å². The number of allylic oxidation sites excluding steroid dienone is 4. The van der Waals surface area contributed by atoms with Crippen molar-refractivity contribution in [1.82, 2.24) is 15.2 Å². The molecule has 1 aliphatic carbocycles. The van der Waals surface area contributed by atoms with Gasteiger partial charge >= 0.3 is 0 Å². The Morgan fingerprint density at radius 3 is 2.64 bits per heavy atom. The molecule has 8 nitrogen and oxygen atoms in total. The lowest BCUT2D eigenvalue weighted by Gasteiger charge is -2.25. The number of aliphatic hydroxyl groups is 2. The number of ether oxygens (including phenoxy) is 1. The predicted octanol–water partition coefficient (Wildman–Crippen LogP) is 2.25. The van der Waals surface area contributed by atoms with Crippen LogP contribution in [-0.2, 0) is 34.0 Å². The van der Waals surface area contributed by atoms with Gasteiger partial charge in [0, 0.05) is 30.8 Å². The van der Waals surface area contributed by atoms with Crippen LogP contribution in [0.25, 0.3) is 5.57 Å². The highest BCUT2D eigenvalue weighted by atomic mass is 19.1. The van der Waals surface area contributed by atoms with Crippen molar-refractivity contribution in [1.29, 1.82) is 0 Å². The van der Waals surface area contributed by atoms with Gasteiger partial charge in [-0.2, -0.15) is 0 Å². The van der Waals surface area contributed by atoms with Gasteiger partial charge in [0.15, 0.2) is 12.2 Å². The number of nitrogens with one attached hydrogen (secondary N) is 1. The Morgan fingerprint density at radius 1 is 1.19 bits per heavy atom. The number of nitrogens with zero attached hydrogens (tertiary/aromatic N) is 2. The molecular weight excluding hydrogens is 465 g/mol. The fraction of sp³-hybridized carbons (Fsp3) is 0.370. The van der Waals surface area contributed by atoms with Gasteiger partial charge in [0.2, 0.25) is 0 Å². The third-order valence-electron chi connectivity index (χ3n) is 6.45. The van der Waals surface area contributed by atoms with Gasteiger partial charge in [0.25, 0.3) is 11.8 Å². The first-order valence-electron chi connectivity index (χ1n) is 11.9. The lowest BCUT2D eigenvalue weighted by atomic mass is 9.90. The minimum atomic E-state index is -1.91. The number of aliphatic hydroxyl groups excluding tert-OH is 2. The van der Waals surface area contributed by atoms with Crippen LogP contribution in [0.15, 0.2) is 60.5 Å². The standard InChI is InChI=1S/C27H30FN3O5/c1-3-36-25-16(2)21(28)11-10-20(25)18-8-6-17(7-9-18)13-30-26(34)23(32)24(33)27(35)31-14-19-5-4-12-29-22(19)15-31/h4-12,16,21,23-24,32-33H,3,13-15H2,1-2H3,(H,30,34)/t16?,21?,23-,24-/m1/s1. The number of halogens is 1. The largest absolute Gasteiger partial charge is 0.497 e. The summed E-state index contributed by atoms with van der Waals surface area (Å²) >= 11 is 0. The van der Waals surface area contributed by atoms with Crippen LogP contribution < -0.4 is 5.32 Å². The van der Waals surface area contributed by atoms with Crippen molar-refractivity contribution >= 4 is 17.4 Å². The minimum absolute atomic E-state index is 0.0896. The lowest BCUT2D eigenvalue weighted by molar-refractivity contribution is -0.153. The Balaban J connectivity index is 1.34. The molecule has 1 aliphatic heterocycles. The Bertz CT molecular complexity index is 1160. The van der Waals surface area contributed by atoms with Gasteiger partial charge in [-0.3, -0.25) is 14.6 Å². The van der Waals surface area contributed by atoms with Crippen molar-refractivity contribution in [3.05, 3.63) is 82.9 Å². The highest BCUT2D eigenvalue weighted by molar-refractivity contribution is 5.91. The lowest BCUT2D eigenvalue weighted by Crippen LogP contribution is -2.49. The Hall–Kier alpha value is -3.56. The second kappa shape index (κ2) is 11.0. The number of pyridine rings is 1. The maximum Gasteiger partial charge on any atom is 0.255 e. The molecule has 190 valence electrons. The van der Waals surface area contributed by atoms with Gasteiger partial charge in [-0.15, -0.1) is 0 Å². The third-order valence-corrected chi connectivity index (χ3v) is 6.45. The molecule has 2 heterocycles. The molecule has 9 heteroatoms. The molecule has 0 saturated heterocycles. The molecule has 1 aromatic carbocycles. The zero-order valence-electron chi connectivity index (χ0n) is 20.2. The van der Waals surface area contributed by atoms with Gasteiger partial charge in [-0.1, -0.05) is 43.3 Å². The van der Waals surface area contributed by atoms with Gasteiger partial charge in [-0.05, 0) is 35.8 Å². The van der Waals surface area contributed by atoms with Crippen LogP contribution in [0.2, 0.25) is 0 Å². The van der Waals surface area contributed by atoms with E-state index in [1.807, 2.05) is 25.1 Å². The summed E-state index contributed by atoms with van der Waals surface area (Å²) in [6, 6.07) is 10.9. The van der Waals surface area contributed by atoms with E-state index in [0.29, 0.717) is 12.4 Å². The van der Waals surface area contributed by atoms with E-state index in [1.54, 1.807) is 37.4 Å².